The molecule has 6 rings (SSSR count). The molecule has 0 radical (unpaired) electrons. The Morgan fingerprint density at radius 1 is 0.614 bits per heavy atom. The minimum absolute atomic E-state index is 0.0473. The average molecular weight is 1020 g/mol. The zero-order chi connectivity index (χ0) is 51.6. The number of fused-ring (bicyclic) bond motifs is 5. The van der Waals surface area contributed by atoms with E-state index in [1.807, 2.05) is 48.5 Å². The van der Waals surface area contributed by atoms with Crippen LogP contribution in [0.3, 0.4) is 0 Å². The number of hydrogen-bond acceptors (Lipinski definition) is 11. The molecule has 4 aliphatic rings. The predicted molar refractivity (Wildman–Crippen MR) is 266 cm³/mol. The topological polar surface area (TPSA) is 240 Å². The molecule has 0 bridgehead atoms. The molecule has 390 valence electrons. The Balaban J connectivity index is 1.08. The van der Waals surface area contributed by atoms with Crippen LogP contribution in [0.1, 0.15) is 167 Å². The van der Waals surface area contributed by atoms with E-state index in [0.717, 1.165) is 47.9 Å². The second-order valence-corrected chi connectivity index (χ2v) is 26.6. The largest absolute Gasteiger partial charge is 0.462 e. The van der Waals surface area contributed by atoms with Crippen molar-refractivity contribution in [3.63, 3.8) is 0 Å². The van der Waals surface area contributed by atoms with Crippen molar-refractivity contribution in [3.05, 3.63) is 70.8 Å². The first kappa shape index (κ1) is 55.4. The van der Waals surface area contributed by atoms with Crippen LogP contribution in [0.25, 0.3) is 0 Å². The summed E-state index contributed by atoms with van der Waals surface area (Å²) in [5, 5.41) is 17.1. The molecule has 4 fully saturated rings. The van der Waals surface area contributed by atoms with E-state index in [1.165, 1.54) is 0 Å². The average Bonchev–Trinajstić information content (AvgIpc) is 3.57. The summed E-state index contributed by atoms with van der Waals surface area (Å²) in [7, 11) is -8.52. The molecule has 0 heterocycles. The van der Waals surface area contributed by atoms with E-state index in [1.54, 1.807) is 0 Å². The van der Waals surface area contributed by atoms with Gasteiger partial charge < -0.3 is 25.2 Å². The first-order valence-corrected chi connectivity index (χ1v) is 28.4. The van der Waals surface area contributed by atoms with E-state index in [4.69, 9.17) is 18.6 Å². The molecule has 0 aromatic heterocycles. The molecule has 3 unspecified atom stereocenters. The molecule has 0 aliphatic heterocycles. The third-order valence-corrected chi connectivity index (χ3v) is 18.1. The molecule has 4 aliphatic carbocycles. The Morgan fingerprint density at radius 2 is 1.06 bits per heavy atom. The van der Waals surface area contributed by atoms with Gasteiger partial charge in [0.05, 0.1) is 30.5 Å². The summed E-state index contributed by atoms with van der Waals surface area (Å²) in [5.41, 5.74) is 3.03. The van der Waals surface area contributed by atoms with E-state index in [-0.39, 0.29) is 84.3 Å². The van der Waals surface area contributed by atoms with Gasteiger partial charge in [-0.05, 0) is 114 Å². The third-order valence-electron chi connectivity index (χ3n) is 16.7. The smallest absolute Gasteiger partial charge is 0.306 e. The lowest BCUT2D eigenvalue weighted by Crippen LogP contribution is -2.58. The molecular formula is C53H78N2O13S2. The number of esters is 2. The maximum Gasteiger partial charge on any atom is 0.306 e. The SMILES string of the molecule is CC(C)(C)c1ccc(C(CC(=O)NCCS(=O)(=O)O)CC(=O)O[C@H]2CC[C@@]3(C)C(C2)[C@@H](O)C[C@H]2[C@@H]4CC[C@H](OC(=O)CC(CC(=O)NCCS(=O)(=O)O)c5ccc(C(C)(C)C)cc5)[C@@]4(C)CC[C@@H]23)cc1. The number of rotatable bonds is 18. The Bertz CT molecular complexity index is 2410. The molecule has 11 atom stereocenters. The molecule has 17 heteroatoms. The zero-order valence-corrected chi connectivity index (χ0v) is 44.0. The van der Waals surface area contributed by atoms with Crippen LogP contribution in [0.5, 0.6) is 0 Å². The second-order valence-electron chi connectivity index (χ2n) is 23.5. The van der Waals surface area contributed by atoms with Crippen LogP contribution >= 0.6 is 0 Å². The van der Waals surface area contributed by atoms with Crippen LogP contribution in [0, 0.1) is 34.5 Å². The highest BCUT2D eigenvalue weighted by molar-refractivity contribution is 7.86. The maximum atomic E-state index is 13.9. The summed E-state index contributed by atoms with van der Waals surface area (Å²) < 4.78 is 75.8. The van der Waals surface area contributed by atoms with E-state index in [2.05, 4.69) is 66.0 Å². The number of aliphatic hydroxyl groups is 1. The van der Waals surface area contributed by atoms with Gasteiger partial charge in [-0.3, -0.25) is 28.3 Å². The molecule has 2 aromatic rings. The normalized spacial score (nSPS) is 28.8. The first-order valence-electron chi connectivity index (χ1n) is 25.2. The van der Waals surface area contributed by atoms with E-state index < -0.39 is 79.5 Å². The van der Waals surface area contributed by atoms with Crippen molar-refractivity contribution >= 4 is 44.0 Å². The molecular weight excluding hydrogens is 937 g/mol. The van der Waals surface area contributed by atoms with Gasteiger partial charge in [-0.1, -0.05) is 104 Å². The maximum absolute atomic E-state index is 13.9. The summed E-state index contributed by atoms with van der Waals surface area (Å²) in [6.07, 6.45) is 4.20. The molecule has 5 N–H and O–H groups in total. The van der Waals surface area contributed by atoms with Gasteiger partial charge in [-0.2, -0.15) is 16.8 Å². The number of nitrogens with one attached hydrogen (secondary N) is 2. The fourth-order valence-electron chi connectivity index (χ4n) is 12.7. The number of benzene rings is 2. The highest BCUT2D eigenvalue weighted by Crippen LogP contribution is 2.67. The highest BCUT2D eigenvalue weighted by atomic mass is 32.2. The number of carbonyl (C=O) groups excluding carboxylic acids is 4. The van der Waals surface area contributed by atoms with Gasteiger partial charge in [0.15, 0.2) is 0 Å². The molecule has 0 saturated heterocycles. The van der Waals surface area contributed by atoms with Gasteiger partial charge in [-0.15, -0.1) is 0 Å². The number of aliphatic hydroxyl groups excluding tert-OH is 1. The summed E-state index contributed by atoms with van der Waals surface area (Å²) in [6.45, 7) is 16.6. The van der Waals surface area contributed by atoms with Crippen LogP contribution in [0.15, 0.2) is 48.5 Å². The van der Waals surface area contributed by atoms with Crippen molar-refractivity contribution < 1.29 is 59.7 Å². The number of hydrogen-bond donors (Lipinski definition) is 5. The highest BCUT2D eigenvalue weighted by Gasteiger charge is 2.63. The molecule has 4 saturated carbocycles. The van der Waals surface area contributed by atoms with Gasteiger partial charge in [0.25, 0.3) is 20.2 Å². The monoisotopic (exact) mass is 1010 g/mol. The predicted octanol–water partition coefficient (Wildman–Crippen LogP) is 7.55. The summed E-state index contributed by atoms with van der Waals surface area (Å²) in [6, 6.07) is 15.6. The van der Waals surface area contributed by atoms with Crippen molar-refractivity contribution in [3.8, 4) is 0 Å². The Hall–Kier alpha value is -3.90. The minimum atomic E-state index is -4.26. The van der Waals surface area contributed by atoms with Gasteiger partial charge in [-0.25, -0.2) is 0 Å². The molecule has 0 spiro atoms. The quantitative estimate of drug-likeness (QED) is 0.0717. The third kappa shape index (κ3) is 14.0. The van der Waals surface area contributed by atoms with Crippen LogP contribution in [0.4, 0.5) is 0 Å². The Kier molecular flexibility index (Phi) is 17.2. The lowest BCUT2D eigenvalue weighted by molar-refractivity contribution is -0.189. The van der Waals surface area contributed by atoms with Gasteiger partial charge >= 0.3 is 11.9 Å². The van der Waals surface area contributed by atoms with Crippen molar-refractivity contribution in [1.29, 1.82) is 0 Å². The first-order chi connectivity index (χ1) is 32.4. The van der Waals surface area contributed by atoms with Crippen LogP contribution in [-0.2, 0) is 59.7 Å². The minimum Gasteiger partial charge on any atom is -0.462 e. The van der Waals surface area contributed by atoms with E-state index in [9.17, 15) is 41.1 Å². The Labute approximate surface area is 415 Å². The van der Waals surface area contributed by atoms with Crippen LogP contribution < -0.4 is 10.6 Å². The van der Waals surface area contributed by atoms with E-state index in [0.29, 0.717) is 31.6 Å². The van der Waals surface area contributed by atoms with Crippen molar-refractivity contribution in [2.75, 3.05) is 24.6 Å². The van der Waals surface area contributed by atoms with E-state index >= 15 is 0 Å². The fraction of sp³-hybridized carbons (Fsp3) is 0.698. The lowest BCUT2D eigenvalue weighted by atomic mass is 9.44. The second kappa shape index (κ2) is 21.7. The number of carbonyl (C=O) groups is 4. The zero-order valence-electron chi connectivity index (χ0n) is 42.4. The van der Waals surface area contributed by atoms with Crippen molar-refractivity contribution in [2.24, 2.45) is 34.5 Å². The van der Waals surface area contributed by atoms with Crippen molar-refractivity contribution in [2.45, 2.75) is 173 Å². The van der Waals surface area contributed by atoms with Gasteiger partial charge in [0, 0.05) is 43.2 Å². The molecule has 15 nitrogen and oxygen atoms in total. The van der Waals surface area contributed by atoms with Crippen LogP contribution in [-0.4, -0.2) is 97.7 Å². The summed E-state index contributed by atoms with van der Waals surface area (Å²) >= 11 is 0. The number of amides is 2. The fourth-order valence-corrected chi connectivity index (χ4v) is 13.4. The summed E-state index contributed by atoms with van der Waals surface area (Å²) in [4.78, 5) is 53.7. The standard InChI is InChI=1S/C53H78N2O13S2/c1-50(2,3)37-13-9-33(10-14-37)35(27-46(57)54-23-25-69(61,62)63)29-48(59)67-39-19-21-52(7)42-20-22-53(8)41(40(42)32-44(56)43(52)31-39)17-18-45(53)68-49(60)30-36(28-47(58)55-24-26-70(64,65)66)34-11-15-38(16-12-34)51(4,5)6/h9-16,35-36,39-45,56H,17-32H2,1-8H3,(H,54,57)(H,55,58)(H,61,62,63)(H,64,65,66)/t35?,36?,39-,40-,41-,42-,43?,44-,45-,52+,53-/m0/s1. The molecule has 70 heavy (non-hydrogen) atoms. The Morgan fingerprint density at radius 3 is 1.51 bits per heavy atom. The van der Waals surface area contributed by atoms with Gasteiger partial charge in [0.2, 0.25) is 11.8 Å². The van der Waals surface area contributed by atoms with Crippen molar-refractivity contribution in [1.82, 2.24) is 10.6 Å². The molecule has 2 aromatic carbocycles. The van der Waals surface area contributed by atoms with Crippen LogP contribution in [0.2, 0.25) is 0 Å². The lowest BCUT2D eigenvalue weighted by Gasteiger charge is -2.62. The summed E-state index contributed by atoms with van der Waals surface area (Å²) in [5.74, 6) is -3.38. The number of ether oxygens (including phenoxy) is 2. The molecule has 2 amide bonds. The van der Waals surface area contributed by atoms with Gasteiger partial charge in [0.1, 0.15) is 12.2 Å².